The van der Waals surface area contributed by atoms with Crippen LogP contribution in [0.3, 0.4) is 0 Å². The number of rotatable bonds is 7. The van der Waals surface area contributed by atoms with Gasteiger partial charge >= 0.3 is 0 Å². The van der Waals surface area contributed by atoms with Crippen LogP contribution >= 0.6 is 11.6 Å². The number of nitro groups is 1. The topological polar surface area (TPSA) is 124 Å². The first-order chi connectivity index (χ1) is 16.9. The lowest BCUT2D eigenvalue weighted by molar-refractivity contribution is -0.384. The average Bonchev–Trinajstić information content (AvgIpc) is 3.35. The van der Waals surface area contributed by atoms with Crippen LogP contribution < -0.4 is 15.4 Å². The van der Waals surface area contributed by atoms with Gasteiger partial charge in [0.1, 0.15) is 11.5 Å². The Morgan fingerprint density at radius 3 is 2.43 bits per heavy atom. The van der Waals surface area contributed by atoms with Crippen molar-refractivity contribution in [2.75, 3.05) is 17.7 Å². The lowest BCUT2D eigenvalue weighted by Crippen LogP contribution is -2.14. The molecule has 2 N–H and O–H groups in total. The third kappa shape index (κ3) is 5.15. The van der Waals surface area contributed by atoms with Gasteiger partial charge in [-0.2, -0.15) is 0 Å². The van der Waals surface area contributed by atoms with Gasteiger partial charge in [-0.05, 0) is 42.5 Å². The molecule has 9 nitrogen and oxygen atoms in total. The molecule has 0 aliphatic rings. The highest BCUT2D eigenvalue weighted by molar-refractivity contribution is 6.34. The molecule has 3 aromatic carbocycles. The van der Waals surface area contributed by atoms with Gasteiger partial charge in [0, 0.05) is 17.8 Å². The van der Waals surface area contributed by atoms with Gasteiger partial charge in [-0.15, -0.1) is 0 Å². The second-order valence-corrected chi connectivity index (χ2v) is 7.65. The van der Waals surface area contributed by atoms with Gasteiger partial charge < -0.3 is 19.8 Å². The van der Waals surface area contributed by atoms with Gasteiger partial charge in [0.05, 0.1) is 33.9 Å². The van der Waals surface area contributed by atoms with E-state index >= 15 is 0 Å². The fourth-order valence-electron chi connectivity index (χ4n) is 3.35. The normalized spacial score (nSPS) is 10.5. The van der Waals surface area contributed by atoms with Gasteiger partial charge in [-0.1, -0.05) is 35.9 Å². The van der Waals surface area contributed by atoms with E-state index in [1.165, 1.54) is 31.4 Å². The second kappa shape index (κ2) is 10.1. The summed E-state index contributed by atoms with van der Waals surface area (Å²) in [6, 6.07) is 20.3. The smallest absolute Gasteiger partial charge is 0.291 e. The van der Waals surface area contributed by atoms with Gasteiger partial charge in [0.2, 0.25) is 0 Å². The molecule has 0 aliphatic carbocycles. The molecule has 1 aromatic heterocycles. The molecule has 10 heteroatoms. The van der Waals surface area contributed by atoms with Crippen molar-refractivity contribution in [1.29, 1.82) is 0 Å². The fraction of sp³-hybridized carbons (Fsp3) is 0.0400. The van der Waals surface area contributed by atoms with Crippen LogP contribution in [0, 0.1) is 10.1 Å². The molecule has 35 heavy (non-hydrogen) atoms. The van der Waals surface area contributed by atoms with Crippen molar-refractivity contribution in [3.05, 3.63) is 105 Å². The molecule has 0 fully saturated rings. The van der Waals surface area contributed by atoms with E-state index in [4.69, 9.17) is 20.8 Å². The number of hydrogen-bond acceptors (Lipinski definition) is 6. The number of carbonyl (C=O) groups is 2. The number of nitro benzene ring substituents is 1. The zero-order valence-electron chi connectivity index (χ0n) is 18.3. The van der Waals surface area contributed by atoms with Crippen LogP contribution in [0.4, 0.5) is 17.1 Å². The maximum Gasteiger partial charge on any atom is 0.291 e. The van der Waals surface area contributed by atoms with Crippen LogP contribution in [0.5, 0.6) is 5.75 Å². The molecule has 0 atom stereocenters. The summed E-state index contributed by atoms with van der Waals surface area (Å²) < 4.78 is 10.9. The number of benzene rings is 3. The summed E-state index contributed by atoms with van der Waals surface area (Å²) in [6.07, 6.45) is 0. The zero-order valence-corrected chi connectivity index (χ0v) is 19.0. The maximum absolute atomic E-state index is 12.7. The summed E-state index contributed by atoms with van der Waals surface area (Å²) in [5, 5.41) is 17.0. The number of nitrogens with one attached hydrogen (secondary N) is 2. The lowest BCUT2D eigenvalue weighted by Gasteiger charge is -2.13. The molecule has 4 rings (SSSR count). The summed E-state index contributed by atoms with van der Waals surface area (Å²) in [4.78, 5) is 36.0. The predicted molar refractivity (Wildman–Crippen MR) is 131 cm³/mol. The number of ether oxygens (including phenoxy) is 1. The third-order valence-electron chi connectivity index (χ3n) is 5.02. The molecule has 0 aliphatic heterocycles. The van der Waals surface area contributed by atoms with Crippen LogP contribution in [0.1, 0.15) is 20.9 Å². The number of halogens is 1. The molecular formula is C25H18ClN3O6. The van der Waals surface area contributed by atoms with Gasteiger partial charge in [0.15, 0.2) is 5.76 Å². The SMILES string of the molecule is COc1cc(NC(=O)c2ccc(-c3ccccc3[N+](=O)[O-])o2)ccc1NC(=O)c1ccccc1Cl. The molecule has 4 aromatic rings. The third-order valence-corrected chi connectivity index (χ3v) is 5.35. The summed E-state index contributed by atoms with van der Waals surface area (Å²) in [5.74, 6) is -0.511. The molecular weight excluding hydrogens is 474 g/mol. The van der Waals surface area contributed by atoms with Crippen molar-refractivity contribution >= 4 is 40.5 Å². The van der Waals surface area contributed by atoms with Gasteiger partial charge in [-0.3, -0.25) is 19.7 Å². The Morgan fingerprint density at radius 2 is 1.69 bits per heavy atom. The van der Waals surface area contributed by atoms with Crippen LogP contribution in [-0.2, 0) is 0 Å². The predicted octanol–water partition coefficient (Wildman–Crippen LogP) is 6.02. The van der Waals surface area contributed by atoms with Crippen molar-refractivity contribution in [3.63, 3.8) is 0 Å². The first-order valence-electron chi connectivity index (χ1n) is 10.3. The molecule has 1 heterocycles. The molecule has 0 spiro atoms. The number of amides is 2. The average molecular weight is 492 g/mol. The minimum Gasteiger partial charge on any atom is -0.494 e. The van der Waals surface area contributed by atoms with E-state index in [-0.39, 0.29) is 22.8 Å². The highest BCUT2D eigenvalue weighted by Gasteiger charge is 2.20. The second-order valence-electron chi connectivity index (χ2n) is 7.24. The summed E-state index contributed by atoms with van der Waals surface area (Å²) in [6.45, 7) is 0. The first kappa shape index (κ1) is 23.5. The highest BCUT2D eigenvalue weighted by atomic mass is 35.5. The molecule has 176 valence electrons. The summed E-state index contributed by atoms with van der Waals surface area (Å²) in [5.41, 5.74) is 1.20. The number of nitrogens with zero attached hydrogens (tertiary/aromatic N) is 1. The first-order valence-corrected chi connectivity index (χ1v) is 10.6. The van der Waals surface area contributed by atoms with Crippen molar-refractivity contribution in [2.24, 2.45) is 0 Å². The van der Waals surface area contributed by atoms with E-state index in [2.05, 4.69) is 10.6 Å². The minimum atomic E-state index is -0.565. The lowest BCUT2D eigenvalue weighted by atomic mass is 10.1. The molecule has 0 saturated heterocycles. The van der Waals surface area contributed by atoms with Crippen LogP contribution in [-0.4, -0.2) is 23.8 Å². The number of hydrogen-bond donors (Lipinski definition) is 2. The van der Waals surface area contributed by atoms with E-state index in [0.717, 1.165) is 0 Å². The number of methoxy groups -OCH3 is 1. The fourth-order valence-corrected chi connectivity index (χ4v) is 3.57. The van der Waals surface area contributed by atoms with E-state index in [0.29, 0.717) is 27.7 Å². The summed E-state index contributed by atoms with van der Waals surface area (Å²) >= 11 is 6.08. The number of furan rings is 1. The Balaban J connectivity index is 1.50. The standard InChI is InChI=1S/C25H18ClN3O6/c1-34-23-14-15(10-11-19(23)28-24(30)16-6-2-4-8-18(16)26)27-25(31)22-13-12-21(35-22)17-7-3-5-9-20(17)29(32)33/h2-14H,1H3,(H,27,31)(H,28,30). The molecule has 2 amide bonds. The minimum absolute atomic E-state index is 0.0341. The van der Waals surface area contributed by atoms with Crippen molar-refractivity contribution < 1.29 is 23.7 Å². The van der Waals surface area contributed by atoms with Crippen LogP contribution in [0.2, 0.25) is 5.02 Å². The molecule has 0 unspecified atom stereocenters. The van der Waals surface area contributed by atoms with E-state index in [1.54, 1.807) is 54.6 Å². The van der Waals surface area contributed by atoms with Crippen LogP contribution in [0.15, 0.2) is 83.3 Å². The largest absolute Gasteiger partial charge is 0.494 e. The highest BCUT2D eigenvalue weighted by Crippen LogP contribution is 2.32. The maximum atomic E-state index is 12.7. The summed E-state index contributed by atoms with van der Waals surface area (Å²) in [7, 11) is 1.43. The van der Waals surface area contributed by atoms with Gasteiger partial charge in [-0.25, -0.2) is 0 Å². The Kier molecular flexibility index (Phi) is 6.79. The van der Waals surface area contributed by atoms with E-state index < -0.39 is 16.7 Å². The van der Waals surface area contributed by atoms with Crippen LogP contribution in [0.25, 0.3) is 11.3 Å². The Morgan fingerprint density at radius 1 is 0.943 bits per heavy atom. The monoisotopic (exact) mass is 491 g/mol. The quantitative estimate of drug-likeness (QED) is 0.240. The number of carbonyl (C=O) groups excluding carboxylic acids is 2. The molecule has 0 saturated carbocycles. The van der Waals surface area contributed by atoms with Crippen molar-refractivity contribution in [2.45, 2.75) is 0 Å². The number of anilines is 2. The van der Waals surface area contributed by atoms with E-state index in [9.17, 15) is 19.7 Å². The van der Waals surface area contributed by atoms with Crippen molar-refractivity contribution in [3.8, 4) is 17.1 Å². The molecule has 0 bridgehead atoms. The van der Waals surface area contributed by atoms with Crippen molar-refractivity contribution in [1.82, 2.24) is 0 Å². The van der Waals surface area contributed by atoms with Gasteiger partial charge in [0.25, 0.3) is 17.5 Å². The Labute approximate surface area is 204 Å². The zero-order chi connectivity index (χ0) is 24.9. The van der Waals surface area contributed by atoms with E-state index in [1.807, 2.05) is 0 Å². The Hall–Kier alpha value is -4.63. The molecule has 0 radical (unpaired) electrons. The number of para-hydroxylation sites is 1. The Bertz CT molecular complexity index is 1430.